The molecule has 110 valence electrons. The first-order valence-electron chi connectivity index (χ1n) is 7.00. The van der Waals surface area contributed by atoms with E-state index in [2.05, 4.69) is 20.6 Å². The topological polar surface area (TPSA) is 66.9 Å². The van der Waals surface area contributed by atoms with E-state index in [1.807, 2.05) is 62.4 Å². The van der Waals surface area contributed by atoms with Gasteiger partial charge in [-0.2, -0.15) is 0 Å². The van der Waals surface area contributed by atoms with Crippen LogP contribution in [0.2, 0.25) is 0 Å². The van der Waals surface area contributed by atoms with Crippen LogP contribution in [0.1, 0.15) is 11.4 Å². The lowest BCUT2D eigenvalue weighted by molar-refractivity contribution is 0.262. The molecule has 2 N–H and O–H groups in total. The van der Waals surface area contributed by atoms with Gasteiger partial charge in [-0.05, 0) is 31.4 Å². The van der Waals surface area contributed by atoms with Crippen molar-refractivity contribution in [2.75, 3.05) is 10.6 Å². The second-order valence-corrected chi connectivity index (χ2v) is 5.08. The normalized spacial score (nSPS) is 10.5. The van der Waals surface area contributed by atoms with Gasteiger partial charge >= 0.3 is 6.03 Å². The summed E-state index contributed by atoms with van der Waals surface area (Å²) in [5, 5.41) is 7.57. The number of benzene rings is 2. The van der Waals surface area contributed by atoms with Crippen molar-refractivity contribution in [2.45, 2.75) is 13.8 Å². The third-order valence-corrected chi connectivity index (χ3v) is 3.25. The number of nitrogens with zero attached hydrogens (tertiary/aromatic N) is 2. The zero-order valence-corrected chi connectivity index (χ0v) is 12.4. The Kier molecular flexibility index (Phi) is 3.70. The molecule has 5 nitrogen and oxygen atoms in total. The van der Waals surface area contributed by atoms with Crippen LogP contribution < -0.4 is 10.6 Å². The van der Waals surface area contributed by atoms with E-state index in [1.165, 1.54) is 0 Å². The van der Waals surface area contributed by atoms with Gasteiger partial charge in [0.2, 0.25) is 5.95 Å². The number of amides is 2. The van der Waals surface area contributed by atoms with Crippen LogP contribution in [-0.4, -0.2) is 16.0 Å². The van der Waals surface area contributed by atoms with E-state index in [0.29, 0.717) is 5.95 Å². The van der Waals surface area contributed by atoms with Gasteiger partial charge in [0, 0.05) is 16.8 Å². The molecule has 2 aromatic carbocycles. The number of anilines is 2. The summed E-state index contributed by atoms with van der Waals surface area (Å²) in [6.07, 6.45) is 0. The van der Waals surface area contributed by atoms with Crippen molar-refractivity contribution in [2.24, 2.45) is 0 Å². The van der Waals surface area contributed by atoms with Gasteiger partial charge in [-0.3, -0.25) is 5.32 Å². The van der Waals surface area contributed by atoms with Crippen molar-refractivity contribution >= 4 is 28.4 Å². The molecule has 0 aliphatic carbocycles. The number of aromatic nitrogens is 2. The Morgan fingerprint density at radius 3 is 2.36 bits per heavy atom. The van der Waals surface area contributed by atoms with E-state index < -0.39 is 0 Å². The average Bonchev–Trinajstić information content (AvgIpc) is 2.46. The lowest BCUT2D eigenvalue weighted by atomic mass is 10.1. The second kappa shape index (κ2) is 5.81. The van der Waals surface area contributed by atoms with Crippen LogP contribution in [0.25, 0.3) is 10.8 Å². The highest BCUT2D eigenvalue weighted by Gasteiger charge is 2.08. The molecule has 0 saturated heterocycles. The first-order chi connectivity index (χ1) is 10.6. The molecule has 0 unspecified atom stereocenters. The summed E-state index contributed by atoms with van der Waals surface area (Å²) < 4.78 is 0. The molecule has 22 heavy (non-hydrogen) atoms. The Morgan fingerprint density at radius 1 is 0.909 bits per heavy atom. The molecule has 1 aromatic heterocycles. The highest BCUT2D eigenvalue weighted by molar-refractivity contribution is 6.05. The van der Waals surface area contributed by atoms with Crippen molar-refractivity contribution < 1.29 is 4.79 Å². The number of rotatable bonds is 2. The Hall–Kier alpha value is -2.95. The fourth-order valence-corrected chi connectivity index (χ4v) is 2.37. The van der Waals surface area contributed by atoms with E-state index in [0.717, 1.165) is 27.8 Å². The minimum absolute atomic E-state index is 0.301. The monoisotopic (exact) mass is 292 g/mol. The summed E-state index contributed by atoms with van der Waals surface area (Å²) in [6.45, 7) is 3.73. The van der Waals surface area contributed by atoms with Gasteiger partial charge in [0.1, 0.15) is 0 Å². The maximum atomic E-state index is 12.1. The molecular weight excluding hydrogens is 276 g/mol. The summed E-state index contributed by atoms with van der Waals surface area (Å²) in [5.74, 6) is 0.301. The number of hydrogen-bond donors (Lipinski definition) is 2. The lowest BCUT2D eigenvalue weighted by Crippen LogP contribution is -2.21. The molecular formula is C17H16N4O. The van der Waals surface area contributed by atoms with Crippen molar-refractivity contribution in [3.63, 3.8) is 0 Å². The molecule has 0 aliphatic rings. The molecule has 0 bridgehead atoms. The lowest BCUT2D eigenvalue weighted by Gasteiger charge is -2.10. The van der Waals surface area contributed by atoms with Crippen LogP contribution in [-0.2, 0) is 0 Å². The standard InChI is InChI=1S/C17H16N4O/c1-11-10-12(2)19-16(18-11)21-17(22)20-15-9-5-7-13-6-3-4-8-14(13)15/h3-10H,1-2H3,(H2,18,19,20,21,22). The fraction of sp³-hybridized carbons (Fsp3) is 0.118. The number of aryl methyl sites for hydroxylation is 2. The molecule has 1 heterocycles. The molecule has 0 fully saturated rings. The minimum atomic E-state index is -0.360. The summed E-state index contributed by atoms with van der Waals surface area (Å²) in [4.78, 5) is 20.5. The smallest absolute Gasteiger partial charge is 0.307 e. The fourth-order valence-electron chi connectivity index (χ4n) is 2.37. The van der Waals surface area contributed by atoms with Crippen LogP contribution >= 0.6 is 0 Å². The van der Waals surface area contributed by atoms with E-state index in [1.54, 1.807) is 0 Å². The van der Waals surface area contributed by atoms with Crippen LogP contribution in [0.5, 0.6) is 0 Å². The Labute approximate surface area is 128 Å². The van der Waals surface area contributed by atoms with Gasteiger partial charge < -0.3 is 5.32 Å². The van der Waals surface area contributed by atoms with E-state index in [-0.39, 0.29) is 6.03 Å². The largest absolute Gasteiger partial charge is 0.326 e. The molecule has 3 aromatic rings. The van der Waals surface area contributed by atoms with Crippen molar-refractivity contribution in [1.82, 2.24) is 9.97 Å². The molecule has 0 atom stereocenters. The highest BCUT2D eigenvalue weighted by atomic mass is 16.2. The number of carbonyl (C=O) groups excluding carboxylic acids is 1. The third-order valence-electron chi connectivity index (χ3n) is 3.25. The first kappa shape index (κ1) is 14.0. The molecule has 0 radical (unpaired) electrons. The second-order valence-electron chi connectivity index (χ2n) is 5.08. The summed E-state index contributed by atoms with van der Waals surface area (Å²) in [6, 6.07) is 15.2. The predicted molar refractivity (Wildman–Crippen MR) is 88.1 cm³/mol. The average molecular weight is 292 g/mol. The SMILES string of the molecule is Cc1cc(C)nc(NC(=O)Nc2cccc3ccccc23)n1. The van der Waals surface area contributed by atoms with Crippen LogP contribution in [0.4, 0.5) is 16.4 Å². The Morgan fingerprint density at radius 2 is 1.59 bits per heavy atom. The highest BCUT2D eigenvalue weighted by Crippen LogP contribution is 2.22. The zero-order valence-electron chi connectivity index (χ0n) is 12.4. The number of urea groups is 1. The van der Waals surface area contributed by atoms with E-state index in [4.69, 9.17) is 0 Å². The molecule has 0 aliphatic heterocycles. The van der Waals surface area contributed by atoms with Crippen LogP contribution in [0.3, 0.4) is 0 Å². The van der Waals surface area contributed by atoms with E-state index >= 15 is 0 Å². The van der Waals surface area contributed by atoms with Gasteiger partial charge in [0.05, 0.1) is 5.69 Å². The van der Waals surface area contributed by atoms with Gasteiger partial charge in [0.25, 0.3) is 0 Å². The Bertz CT molecular complexity index is 819. The van der Waals surface area contributed by atoms with E-state index in [9.17, 15) is 4.79 Å². The maximum absolute atomic E-state index is 12.1. The molecule has 0 saturated carbocycles. The number of carbonyl (C=O) groups is 1. The molecule has 5 heteroatoms. The third kappa shape index (κ3) is 3.03. The van der Waals surface area contributed by atoms with Crippen LogP contribution in [0, 0.1) is 13.8 Å². The summed E-state index contributed by atoms with van der Waals surface area (Å²) in [7, 11) is 0. The van der Waals surface area contributed by atoms with Gasteiger partial charge in [-0.15, -0.1) is 0 Å². The zero-order chi connectivity index (χ0) is 15.5. The van der Waals surface area contributed by atoms with Crippen molar-refractivity contribution in [3.05, 3.63) is 59.9 Å². The number of nitrogens with one attached hydrogen (secondary N) is 2. The molecule has 0 spiro atoms. The summed E-state index contributed by atoms with van der Waals surface area (Å²) >= 11 is 0. The molecule has 2 amide bonds. The molecule has 3 rings (SSSR count). The van der Waals surface area contributed by atoms with Gasteiger partial charge in [0.15, 0.2) is 0 Å². The minimum Gasteiger partial charge on any atom is -0.307 e. The number of hydrogen-bond acceptors (Lipinski definition) is 3. The van der Waals surface area contributed by atoms with Gasteiger partial charge in [-0.25, -0.2) is 14.8 Å². The maximum Gasteiger partial charge on any atom is 0.326 e. The Balaban J connectivity index is 1.81. The van der Waals surface area contributed by atoms with Crippen molar-refractivity contribution in [1.29, 1.82) is 0 Å². The quantitative estimate of drug-likeness (QED) is 0.753. The summed E-state index contributed by atoms with van der Waals surface area (Å²) in [5.41, 5.74) is 2.38. The van der Waals surface area contributed by atoms with Crippen molar-refractivity contribution in [3.8, 4) is 0 Å². The number of fused-ring (bicyclic) bond motifs is 1. The predicted octanol–water partition coefficient (Wildman–Crippen LogP) is 3.89. The van der Waals surface area contributed by atoms with Gasteiger partial charge in [-0.1, -0.05) is 36.4 Å². The van der Waals surface area contributed by atoms with Crippen LogP contribution in [0.15, 0.2) is 48.5 Å². The first-order valence-corrected chi connectivity index (χ1v) is 7.00.